The van der Waals surface area contributed by atoms with E-state index in [2.05, 4.69) is 24.5 Å². The average molecular weight is 240 g/mol. The van der Waals surface area contributed by atoms with Crippen LogP contribution in [0.25, 0.3) is 0 Å². The van der Waals surface area contributed by atoms with Gasteiger partial charge in [-0.15, -0.1) is 0 Å². The number of carbonyl (C=O) groups is 1. The van der Waals surface area contributed by atoms with Crippen LogP contribution in [0.1, 0.15) is 58.8 Å². The summed E-state index contributed by atoms with van der Waals surface area (Å²) in [6.45, 7) is 6.28. The maximum atomic E-state index is 12.0. The zero-order valence-electron chi connectivity index (χ0n) is 11.4. The molecule has 100 valence electrons. The van der Waals surface area contributed by atoms with Crippen molar-refractivity contribution in [2.24, 2.45) is 5.92 Å². The fourth-order valence-electron chi connectivity index (χ4n) is 2.62. The zero-order chi connectivity index (χ0) is 12.5. The molecule has 1 saturated heterocycles. The van der Waals surface area contributed by atoms with Gasteiger partial charge in [-0.05, 0) is 38.6 Å². The van der Waals surface area contributed by atoms with Gasteiger partial charge in [0.2, 0.25) is 5.91 Å². The fraction of sp³-hybridized carbons (Fsp3) is 0.929. The number of hydrogen-bond acceptors (Lipinski definition) is 2. The van der Waals surface area contributed by atoms with Gasteiger partial charge in [0.05, 0.1) is 0 Å². The van der Waals surface area contributed by atoms with E-state index in [-0.39, 0.29) is 11.8 Å². The van der Waals surface area contributed by atoms with Gasteiger partial charge in [-0.2, -0.15) is 0 Å². The third-order valence-electron chi connectivity index (χ3n) is 3.60. The zero-order valence-corrected chi connectivity index (χ0v) is 11.4. The Hall–Kier alpha value is -0.570. The van der Waals surface area contributed by atoms with E-state index in [9.17, 15) is 4.79 Å². The van der Waals surface area contributed by atoms with Gasteiger partial charge in [-0.1, -0.05) is 26.7 Å². The predicted octanol–water partition coefficient (Wildman–Crippen LogP) is 2.46. The molecular weight excluding hydrogens is 212 g/mol. The number of hydrogen-bond donors (Lipinski definition) is 2. The highest BCUT2D eigenvalue weighted by Crippen LogP contribution is 2.14. The van der Waals surface area contributed by atoms with Crippen LogP contribution < -0.4 is 10.6 Å². The molecule has 3 heteroatoms. The molecule has 0 aromatic rings. The predicted molar refractivity (Wildman–Crippen MR) is 72.0 cm³/mol. The van der Waals surface area contributed by atoms with Gasteiger partial charge >= 0.3 is 0 Å². The highest BCUT2D eigenvalue weighted by atomic mass is 16.1. The lowest BCUT2D eigenvalue weighted by molar-refractivity contribution is -0.125. The second-order valence-corrected chi connectivity index (χ2v) is 5.15. The van der Waals surface area contributed by atoms with Gasteiger partial charge in [0, 0.05) is 18.5 Å². The van der Waals surface area contributed by atoms with E-state index in [1.807, 2.05) is 0 Å². The molecule has 1 atom stereocenters. The van der Waals surface area contributed by atoms with Crippen LogP contribution in [0.3, 0.4) is 0 Å². The van der Waals surface area contributed by atoms with E-state index in [4.69, 9.17) is 0 Å². The monoisotopic (exact) mass is 240 g/mol. The molecule has 3 nitrogen and oxygen atoms in total. The molecule has 0 aliphatic carbocycles. The maximum Gasteiger partial charge on any atom is 0.223 e. The Kier molecular flexibility index (Phi) is 7.25. The summed E-state index contributed by atoms with van der Waals surface area (Å²) in [5.41, 5.74) is 0. The van der Waals surface area contributed by atoms with Gasteiger partial charge in [0.1, 0.15) is 0 Å². The molecule has 1 aliphatic rings. The van der Waals surface area contributed by atoms with Crippen molar-refractivity contribution in [2.75, 3.05) is 13.1 Å². The van der Waals surface area contributed by atoms with E-state index in [0.717, 1.165) is 45.2 Å². The van der Waals surface area contributed by atoms with Crippen molar-refractivity contribution in [3.63, 3.8) is 0 Å². The van der Waals surface area contributed by atoms with Crippen LogP contribution in [0.4, 0.5) is 0 Å². The Morgan fingerprint density at radius 3 is 2.59 bits per heavy atom. The maximum absolute atomic E-state index is 12.0. The normalized spacial score (nSPS) is 19.8. The quantitative estimate of drug-likeness (QED) is 0.684. The van der Waals surface area contributed by atoms with E-state index in [1.54, 1.807) is 0 Å². The summed E-state index contributed by atoms with van der Waals surface area (Å²) in [6, 6.07) is 0.631. The highest BCUT2D eigenvalue weighted by Gasteiger charge is 2.17. The summed E-state index contributed by atoms with van der Waals surface area (Å²) in [4.78, 5) is 12.0. The van der Waals surface area contributed by atoms with Gasteiger partial charge < -0.3 is 10.6 Å². The minimum Gasteiger partial charge on any atom is -0.356 e. The molecule has 1 rings (SSSR count). The van der Waals surface area contributed by atoms with Crippen LogP contribution >= 0.6 is 0 Å². The van der Waals surface area contributed by atoms with Crippen LogP contribution in [0, 0.1) is 5.92 Å². The van der Waals surface area contributed by atoms with Crippen molar-refractivity contribution < 1.29 is 4.79 Å². The molecule has 1 fully saturated rings. The summed E-state index contributed by atoms with van der Waals surface area (Å²) in [5.74, 6) is 0.508. The molecule has 1 aliphatic heterocycles. The molecule has 0 bridgehead atoms. The number of amides is 1. The lowest BCUT2D eigenvalue weighted by Gasteiger charge is -2.16. The third-order valence-corrected chi connectivity index (χ3v) is 3.60. The minimum atomic E-state index is 0.238. The smallest absolute Gasteiger partial charge is 0.223 e. The second-order valence-electron chi connectivity index (χ2n) is 5.15. The average Bonchev–Trinajstić information content (AvgIpc) is 2.81. The summed E-state index contributed by atoms with van der Waals surface area (Å²) in [5, 5.41) is 6.56. The Morgan fingerprint density at radius 1 is 1.35 bits per heavy atom. The van der Waals surface area contributed by atoms with E-state index < -0.39 is 0 Å². The Morgan fingerprint density at radius 2 is 2.06 bits per heavy atom. The van der Waals surface area contributed by atoms with Gasteiger partial charge in [0.15, 0.2) is 0 Å². The summed E-state index contributed by atoms with van der Waals surface area (Å²) in [6.07, 6.45) is 7.89. The third kappa shape index (κ3) is 5.53. The van der Waals surface area contributed by atoms with Crippen molar-refractivity contribution in [1.29, 1.82) is 0 Å². The minimum absolute atomic E-state index is 0.238. The lowest BCUT2D eigenvalue weighted by Crippen LogP contribution is -2.34. The molecule has 1 amide bonds. The van der Waals surface area contributed by atoms with Crippen molar-refractivity contribution in [1.82, 2.24) is 10.6 Å². The Bertz CT molecular complexity index is 206. The summed E-state index contributed by atoms with van der Waals surface area (Å²) >= 11 is 0. The van der Waals surface area contributed by atoms with E-state index >= 15 is 0 Å². The SMILES string of the molecule is CCCC(CCC)C(=O)NCC[C@H]1CCCN1. The molecule has 0 saturated carbocycles. The first-order valence-corrected chi connectivity index (χ1v) is 7.29. The van der Waals surface area contributed by atoms with Gasteiger partial charge in [-0.25, -0.2) is 0 Å². The first-order chi connectivity index (χ1) is 8.27. The summed E-state index contributed by atoms with van der Waals surface area (Å²) < 4.78 is 0. The van der Waals surface area contributed by atoms with Gasteiger partial charge in [-0.3, -0.25) is 4.79 Å². The van der Waals surface area contributed by atoms with Crippen molar-refractivity contribution in [3.8, 4) is 0 Å². The fourth-order valence-corrected chi connectivity index (χ4v) is 2.62. The first-order valence-electron chi connectivity index (χ1n) is 7.29. The van der Waals surface area contributed by atoms with Gasteiger partial charge in [0.25, 0.3) is 0 Å². The van der Waals surface area contributed by atoms with Crippen molar-refractivity contribution in [3.05, 3.63) is 0 Å². The molecular formula is C14H28N2O. The van der Waals surface area contributed by atoms with Crippen LogP contribution in [-0.2, 0) is 4.79 Å². The van der Waals surface area contributed by atoms with E-state index in [0.29, 0.717) is 6.04 Å². The standard InChI is InChI=1S/C14H28N2O/c1-3-6-12(7-4-2)14(17)16-11-9-13-8-5-10-15-13/h12-13,15H,3-11H2,1-2H3,(H,16,17)/t13-/m1/s1. The first kappa shape index (κ1) is 14.5. The topological polar surface area (TPSA) is 41.1 Å². The van der Waals surface area contributed by atoms with Crippen LogP contribution in [-0.4, -0.2) is 25.0 Å². The molecule has 0 unspecified atom stereocenters. The lowest BCUT2D eigenvalue weighted by atomic mass is 9.97. The van der Waals surface area contributed by atoms with Crippen LogP contribution in [0.5, 0.6) is 0 Å². The largest absolute Gasteiger partial charge is 0.356 e. The Balaban J connectivity index is 2.16. The molecule has 0 radical (unpaired) electrons. The van der Waals surface area contributed by atoms with Crippen molar-refractivity contribution in [2.45, 2.75) is 64.8 Å². The Labute approximate surface area is 106 Å². The number of nitrogens with one attached hydrogen (secondary N) is 2. The molecule has 1 heterocycles. The summed E-state index contributed by atoms with van der Waals surface area (Å²) in [7, 11) is 0. The van der Waals surface area contributed by atoms with Crippen LogP contribution in [0.15, 0.2) is 0 Å². The number of rotatable bonds is 8. The second kappa shape index (κ2) is 8.51. The molecule has 0 aromatic carbocycles. The number of carbonyl (C=O) groups excluding carboxylic acids is 1. The van der Waals surface area contributed by atoms with Crippen molar-refractivity contribution >= 4 is 5.91 Å². The van der Waals surface area contributed by atoms with Crippen LogP contribution in [0.2, 0.25) is 0 Å². The molecule has 0 aromatic heterocycles. The molecule has 17 heavy (non-hydrogen) atoms. The molecule has 0 spiro atoms. The van der Waals surface area contributed by atoms with E-state index in [1.165, 1.54) is 12.8 Å². The highest BCUT2D eigenvalue weighted by molar-refractivity contribution is 5.78. The molecule has 2 N–H and O–H groups in total.